The number of hydrogen-bond donors (Lipinski definition) is 0. The van der Waals surface area contributed by atoms with Crippen LogP contribution in [0, 0.1) is 11.8 Å². The molecular formula is C13H15P. The molecule has 2 aliphatic rings. The van der Waals surface area contributed by atoms with E-state index in [2.05, 4.69) is 42.5 Å². The van der Waals surface area contributed by atoms with Gasteiger partial charge >= 0.3 is 0 Å². The van der Waals surface area contributed by atoms with E-state index in [-0.39, 0.29) is 7.92 Å². The summed E-state index contributed by atoms with van der Waals surface area (Å²) in [6.45, 7) is 0. The highest BCUT2D eigenvalue weighted by Crippen LogP contribution is 2.48. The highest BCUT2D eigenvalue weighted by Gasteiger charge is 2.30. The van der Waals surface area contributed by atoms with Gasteiger partial charge in [-0.3, -0.25) is 0 Å². The van der Waals surface area contributed by atoms with Crippen molar-refractivity contribution in [2.24, 2.45) is 11.8 Å². The molecular weight excluding hydrogens is 187 g/mol. The number of fused-ring (bicyclic) bond motifs is 2. The zero-order valence-corrected chi connectivity index (χ0v) is 9.16. The van der Waals surface area contributed by atoms with Gasteiger partial charge in [-0.05, 0) is 35.9 Å². The normalized spacial score (nSPS) is 34.7. The van der Waals surface area contributed by atoms with Gasteiger partial charge < -0.3 is 0 Å². The maximum absolute atomic E-state index is 2.45. The van der Waals surface area contributed by atoms with Crippen LogP contribution in [-0.4, -0.2) is 12.3 Å². The van der Waals surface area contributed by atoms with Crippen molar-refractivity contribution >= 4 is 13.2 Å². The third-order valence-electron chi connectivity index (χ3n) is 3.29. The van der Waals surface area contributed by atoms with Crippen LogP contribution in [0.3, 0.4) is 0 Å². The summed E-state index contributed by atoms with van der Waals surface area (Å²) >= 11 is 0. The summed E-state index contributed by atoms with van der Waals surface area (Å²) in [4.78, 5) is 0. The van der Waals surface area contributed by atoms with E-state index in [1.54, 1.807) is 5.30 Å². The molecule has 0 nitrogen and oxygen atoms in total. The van der Waals surface area contributed by atoms with Gasteiger partial charge in [0.25, 0.3) is 0 Å². The van der Waals surface area contributed by atoms with Gasteiger partial charge in [-0.15, -0.1) is 0 Å². The Kier molecular flexibility index (Phi) is 2.18. The monoisotopic (exact) mass is 202 g/mol. The Morgan fingerprint density at radius 1 is 0.929 bits per heavy atom. The lowest BCUT2D eigenvalue weighted by Gasteiger charge is -2.28. The van der Waals surface area contributed by atoms with E-state index in [1.807, 2.05) is 0 Å². The highest BCUT2D eigenvalue weighted by molar-refractivity contribution is 7.65. The van der Waals surface area contributed by atoms with Gasteiger partial charge in [0, 0.05) is 0 Å². The van der Waals surface area contributed by atoms with Crippen molar-refractivity contribution in [2.45, 2.75) is 6.42 Å². The largest absolute Gasteiger partial charge is 0.0847 e. The van der Waals surface area contributed by atoms with E-state index < -0.39 is 0 Å². The van der Waals surface area contributed by atoms with Crippen LogP contribution < -0.4 is 5.30 Å². The lowest BCUT2D eigenvalue weighted by molar-refractivity contribution is 0.578. The second-order valence-electron chi connectivity index (χ2n) is 4.38. The predicted molar refractivity (Wildman–Crippen MR) is 63.5 cm³/mol. The molecule has 1 aliphatic heterocycles. The molecule has 1 aromatic rings. The van der Waals surface area contributed by atoms with Gasteiger partial charge in [-0.2, -0.15) is 0 Å². The lowest BCUT2D eigenvalue weighted by Crippen LogP contribution is -2.19. The van der Waals surface area contributed by atoms with Crippen LogP contribution in [0.25, 0.3) is 0 Å². The number of rotatable bonds is 1. The molecule has 1 fully saturated rings. The second kappa shape index (κ2) is 3.51. The molecule has 2 atom stereocenters. The first-order valence-electron chi connectivity index (χ1n) is 5.40. The van der Waals surface area contributed by atoms with Crippen molar-refractivity contribution < 1.29 is 0 Å². The third kappa shape index (κ3) is 1.53. The summed E-state index contributed by atoms with van der Waals surface area (Å²) < 4.78 is 0. The van der Waals surface area contributed by atoms with Crippen molar-refractivity contribution in [1.29, 1.82) is 0 Å². The number of hydrogen-bond acceptors (Lipinski definition) is 0. The van der Waals surface area contributed by atoms with E-state index in [0.29, 0.717) is 0 Å². The van der Waals surface area contributed by atoms with Crippen LogP contribution in [0.4, 0.5) is 0 Å². The fraction of sp³-hybridized carbons (Fsp3) is 0.385. The molecule has 72 valence electrons. The zero-order chi connectivity index (χ0) is 9.38. The predicted octanol–water partition coefficient (Wildman–Crippen LogP) is 3.00. The Morgan fingerprint density at radius 3 is 2.21 bits per heavy atom. The minimum absolute atomic E-state index is 0.154. The Bertz CT molecular complexity index is 328. The van der Waals surface area contributed by atoms with Crippen LogP contribution in [0.2, 0.25) is 0 Å². The van der Waals surface area contributed by atoms with E-state index in [4.69, 9.17) is 0 Å². The third-order valence-corrected chi connectivity index (χ3v) is 6.14. The summed E-state index contributed by atoms with van der Waals surface area (Å²) in [7, 11) is 0.154. The van der Waals surface area contributed by atoms with Crippen molar-refractivity contribution in [2.75, 3.05) is 12.3 Å². The van der Waals surface area contributed by atoms with E-state index in [9.17, 15) is 0 Å². The summed E-state index contributed by atoms with van der Waals surface area (Å²) in [5, 5.41) is 1.61. The molecule has 2 bridgehead atoms. The molecule has 1 heteroatoms. The summed E-state index contributed by atoms with van der Waals surface area (Å²) in [5.41, 5.74) is 0. The second-order valence-corrected chi connectivity index (χ2v) is 6.71. The molecule has 1 saturated heterocycles. The Hall–Kier alpha value is -0.610. The summed E-state index contributed by atoms with van der Waals surface area (Å²) in [5.74, 6) is 1.81. The first-order chi connectivity index (χ1) is 6.92. The Balaban J connectivity index is 1.82. The Labute approximate surface area is 86.8 Å². The standard InChI is InChI=1S/C13H15P/c1-2-4-13(5-3-1)14-9-11-6-7-12(8-11)10-14/h1-7,11-12H,8-10H2. The molecule has 0 N–H and O–H groups in total. The average Bonchev–Trinajstić information content (AvgIpc) is 2.59. The van der Waals surface area contributed by atoms with Crippen LogP contribution >= 0.6 is 7.92 Å². The van der Waals surface area contributed by atoms with E-state index in [0.717, 1.165) is 11.8 Å². The first-order valence-corrected chi connectivity index (χ1v) is 7.11. The van der Waals surface area contributed by atoms with Crippen molar-refractivity contribution in [3.05, 3.63) is 42.5 Å². The zero-order valence-electron chi connectivity index (χ0n) is 8.26. The SMILES string of the molecule is C1=CC2CC1CP(c1ccccc1)C2. The van der Waals surface area contributed by atoms with E-state index >= 15 is 0 Å². The maximum atomic E-state index is 2.45. The molecule has 0 spiro atoms. The molecule has 0 radical (unpaired) electrons. The summed E-state index contributed by atoms with van der Waals surface area (Å²) in [6, 6.07) is 11.1. The molecule has 1 aliphatic carbocycles. The van der Waals surface area contributed by atoms with Gasteiger partial charge in [-0.25, -0.2) is 0 Å². The average molecular weight is 202 g/mol. The van der Waals surface area contributed by atoms with Gasteiger partial charge in [0.2, 0.25) is 0 Å². The Morgan fingerprint density at radius 2 is 1.57 bits per heavy atom. The molecule has 0 amide bonds. The molecule has 0 saturated carbocycles. The van der Waals surface area contributed by atoms with Gasteiger partial charge in [0.1, 0.15) is 0 Å². The molecule has 2 unspecified atom stereocenters. The number of allylic oxidation sites excluding steroid dienone is 2. The summed E-state index contributed by atoms with van der Waals surface area (Å²) in [6.07, 6.45) is 9.22. The van der Waals surface area contributed by atoms with Crippen LogP contribution in [0.5, 0.6) is 0 Å². The molecule has 14 heavy (non-hydrogen) atoms. The quantitative estimate of drug-likeness (QED) is 0.485. The van der Waals surface area contributed by atoms with Gasteiger partial charge in [-0.1, -0.05) is 50.4 Å². The van der Waals surface area contributed by atoms with Crippen molar-refractivity contribution in [1.82, 2.24) is 0 Å². The minimum atomic E-state index is 0.154. The topological polar surface area (TPSA) is 0 Å². The fourth-order valence-corrected chi connectivity index (χ4v) is 5.46. The van der Waals surface area contributed by atoms with Crippen LogP contribution in [-0.2, 0) is 0 Å². The smallest absolute Gasteiger partial charge is 0.0185 e. The molecule has 1 aromatic carbocycles. The van der Waals surface area contributed by atoms with Crippen molar-refractivity contribution in [3.8, 4) is 0 Å². The van der Waals surface area contributed by atoms with Gasteiger partial charge in [0.05, 0.1) is 0 Å². The molecule has 3 rings (SSSR count). The molecule has 1 heterocycles. The molecule has 0 aromatic heterocycles. The van der Waals surface area contributed by atoms with Gasteiger partial charge in [0.15, 0.2) is 0 Å². The highest BCUT2D eigenvalue weighted by atomic mass is 31.1. The van der Waals surface area contributed by atoms with Crippen LogP contribution in [0.1, 0.15) is 6.42 Å². The fourth-order valence-electron chi connectivity index (χ4n) is 2.62. The maximum Gasteiger partial charge on any atom is -0.0185 e. The van der Waals surface area contributed by atoms with Crippen LogP contribution in [0.15, 0.2) is 42.5 Å². The van der Waals surface area contributed by atoms with Crippen molar-refractivity contribution in [3.63, 3.8) is 0 Å². The first kappa shape index (κ1) is 8.68. The minimum Gasteiger partial charge on any atom is -0.0847 e. The lowest BCUT2D eigenvalue weighted by atomic mass is 10.1. The van der Waals surface area contributed by atoms with E-state index in [1.165, 1.54) is 18.7 Å². The number of benzene rings is 1.